The molecule has 0 aliphatic rings. The van der Waals surface area contributed by atoms with E-state index in [0.29, 0.717) is 23.3 Å². The first kappa shape index (κ1) is 46.0. The molecule has 0 radical (unpaired) electrons. The van der Waals surface area contributed by atoms with Crippen molar-refractivity contribution in [2.45, 2.75) is 102 Å². The first-order valence-electron chi connectivity index (χ1n) is 18.9. The number of nitrogens with one attached hydrogen (secondary N) is 6. The third-order valence-corrected chi connectivity index (χ3v) is 9.96. The number of H-pyrrole nitrogens is 1. The largest absolute Gasteiger partial charge is 0.370 e. The summed E-state index contributed by atoms with van der Waals surface area (Å²) in [7, 11) is 0. The third kappa shape index (κ3) is 14.5. The van der Waals surface area contributed by atoms with Crippen LogP contribution in [0.3, 0.4) is 0 Å². The van der Waals surface area contributed by atoms with Crippen molar-refractivity contribution < 1.29 is 33.6 Å². The smallest absolute Gasteiger partial charge is 0.243 e. The van der Waals surface area contributed by atoms with Crippen LogP contribution in [0.1, 0.15) is 64.5 Å². The molecule has 3 rings (SSSR count). The normalized spacial score (nSPS) is 14.1. The predicted octanol–water partition coefficient (Wildman–Crippen LogP) is 0.664. The second-order valence-electron chi connectivity index (χ2n) is 15.0. The first-order valence-corrected chi connectivity index (χ1v) is 20.3. The van der Waals surface area contributed by atoms with Crippen LogP contribution in [-0.2, 0) is 46.4 Å². The van der Waals surface area contributed by atoms with E-state index in [1.165, 1.54) is 25.6 Å². The van der Waals surface area contributed by atoms with Gasteiger partial charge in [-0.25, -0.2) is 0 Å². The van der Waals surface area contributed by atoms with E-state index in [4.69, 9.17) is 17.2 Å². The van der Waals surface area contributed by atoms with Crippen LogP contribution in [0.2, 0.25) is 0 Å². The van der Waals surface area contributed by atoms with E-state index < -0.39 is 77.1 Å². The zero-order chi connectivity index (χ0) is 42.3. The number of thioether (sulfide) groups is 1. The van der Waals surface area contributed by atoms with Crippen molar-refractivity contribution in [2.24, 2.45) is 23.1 Å². The van der Waals surface area contributed by atoms with Crippen molar-refractivity contribution in [1.29, 1.82) is 0 Å². The van der Waals surface area contributed by atoms with Crippen LogP contribution in [0.25, 0.3) is 10.9 Å². The second-order valence-corrected chi connectivity index (χ2v) is 16.0. The molecule has 2 aromatic carbocycles. The average molecular weight is 808 g/mol. The molecule has 0 saturated heterocycles. The lowest BCUT2D eigenvalue weighted by Crippen LogP contribution is -2.61. The van der Waals surface area contributed by atoms with Gasteiger partial charge in [0.05, 0.1) is 6.04 Å². The van der Waals surface area contributed by atoms with Gasteiger partial charge in [0.15, 0.2) is 0 Å². The number of benzene rings is 2. The highest BCUT2D eigenvalue weighted by molar-refractivity contribution is 7.98. The zero-order valence-corrected chi connectivity index (χ0v) is 34.0. The first-order chi connectivity index (χ1) is 26.9. The van der Waals surface area contributed by atoms with Crippen LogP contribution in [0, 0.1) is 5.92 Å². The molecule has 16 nitrogen and oxygen atoms in total. The van der Waals surface area contributed by atoms with Crippen molar-refractivity contribution in [2.75, 3.05) is 12.0 Å². The molecule has 17 heteroatoms. The number of aromatic nitrogens is 1. The number of hydrogen-bond donors (Lipinski definition) is 9. The molecule has 0 saturated carbocycles. The molecule has 0 bridgehead atoms. The molecule has 1 aromatic heterocycles. The molecule has 1 heterocycles. The maximum absolute atomic E-state index is 14.3. The fourth-order valence-corrected chi connectivity index (χ4v) is 6.49. The lowest BCUT2D eigenvalue weighted by Gasteiger charge is -2.29. The average Bonchev–Trinajstić information content (AvgIpc) is 3.56. The molecule has 5 atom stereocenters. The fourth-order valence-electron chi connectivity index (χ4n) is 6.02. The van der Waals surface area contributed by atoms with Crippen molar-refractivity contribution in [3.05, 3.63) is 71.9 Å². The van der Waals surface area contributed by atoms with Gasteiger partial charge in [0, 0.05) is 36.4 Å². The van der Waals surface area contributed by atoms with Gasteiger partial charge in [0.25, 0.3) is 0 Å². The zero-order valence-electron chi connectivity index (χ0n) is 33.2. The Morgan fingerprint density at radius 3 is 1.86 bits per heavy atom. The van der Waals surface area contributed by atoms with Crippen molar-refractivity contribution >= 4 is 64.0 Å². The van der Waals surface area contributed by atoms with Crippen LogP contribution < -0.4 is 43.8 Å². The van der Waals surface area contributed by atoms with Gasteiger partial charge in [-0.2, -0.15) is 11.8 Å². The quantitative estimate of drug-likeness (QED) is 0.0651. The molecule has 12 N–H and O–H groups in total. The van der Waals surface area contributed by atoms with E-state index in [0.717, 1.165) is 10.9 Å². The number of carbonyl (C=O) groups is 7. The number of aromatic amines is 1. The summed E-state index contributed by atoms with van der Waals surface area (Å²) in [5, 5.41) is 14.2. The molecule has 0 aliphatic carbocycles. The highest BCUT2D eigenvalue weighted by atomic mass is 32.2. The molecular weight excluding hydrogens is 751 g/mol. The number of rotatable bonds is 23. The number of hydrogen-bond acceptors (Lipinski definition) is 9. The molecular formula is C40H57N9O7S. The third-order valence-electron chi connectivity index (χ3n) is 9.32. The van der Waals surface area contributed by atoms with Crippen LogP contribution in [0.15, 0.2) is 60.8 Å². The van der Waals surface area contributed by atoms with E-state index in [1.54, 1.807) is 36.5 Å². The Bertz CT molecular complexity index is 1870. The molecule has 0 aliphatic heterocycles. The van der Waals surface area contributed by atoms with Gasteiger partial charge in [-0.1, -0.05) is 62.4 Å². The summed E-state index contributed by atoms with van der Waals surface area (Å²) in [6, 6.07) is 10.5. The van der Waals surface area contributed by atoms with Crippen LogP contribution in [0.5, 0.6) is 0 Å². The SMILES string of the molecule is CSCC[C@H](NC(=O)[C@H](N)CC(C)C)C(=O)N[C@@H](CCC(N)=O)C(=O)N[C@@H](Cc1c[nH]c2ccccc12)C(=O)N[C@@H](Cc1ccccc1)C(=O)NC(C)(C)C(N)=O. The summed E-state index contributed by atoms with van der Waals surface area (Å²) in [5.41, 5.74) is 17.8. The Kier molecular flexibility index (Phi) is 17.6. The number of primary amides is 2. The fraction of sp³-hybridized carbons (Fsp3) is 0.475. The molecule has 0 spiro atoms. The maximum Gasteiger partial charge on any atom is 0.243 e. The van der Waals surface area contributed by atoms with Gasteiger partial charge in [0.2, 0.25) is 41.4 Å². The highest BCUT2D eigenvalue weighted by Gasteiger charge is 2.35. The number of carbonyl (C=O) groups excluding carboxylic acids is 7. The van der Waals surface area contributed by atoms with E-state index in [1.807, 2.05) is 44.4 Å². The Labute approximate surface area is 337 Å². The van der Waals surface area contributed by atoms with Crippen LogP contribution in [0.4, 0.5) is 0 Å². The molecule has 3 aromatic rings. The minimum Gasteiger partial charge on any atom is -0.370 e. The number of nitrogens with two attached hydrogens (primary N) is 3. The summed E-state index contributed by atoms with van der Waals surface area (Å²) in [6.45, 7) is 6.71. The van der Waals surface area contributed by atoms with Gasteiger partial charge in [-0.15, -0.1) is 0 Å². The standard InChI is InChI=1S/C40H57N9O7S/c1-23(2)19-27(41)34(51)45-30(17-18-57-5)36(53)46-29(15-16-33(42)50)35(52)48-32(21-25-22-44-28-14-10-9-13-26(25)28)37(54)47-31(20-24-11-7-6-8-12-24)38(55)49-40(3,4)39(43)56/h6-14,22-23,27,29-32,44H,15-21,41H2,1-5H3,(H2,42,50)(H2,43,56)(H,45,51)(H,46,53)(H,47,54)(H,48,52)(H,49,55)/t27-,29+,30+,31+,32+/m1/s1. The lowest BCUT2D eigenvalue weighted by atomic mass is 9.99. The Morgan fingerprint density at radius 1 is 0.719 bits per heavy atom. The van der Waals surface area contributed by atoms with Gasteiger partial charge in [0.1, 0.15) is 29.7 Å². The Hall–Kier alpha value is -5.42. The summed E-state index contributed by atoms with van der Waals surface area (Å²) in [6.07, 6.45) is 3.64. The summed E-state index contributed by atoms with van der Waals surface area (Å²) in [4.78, 5) is 96.0. The Balaban J connectivity index is 1.97. The summed E-state index contributed by atoms with van der Waals surface area (Å²) < 4.78 is 0. The van der Waals surface area contributed by atoms with Gasteiger partial charge >= 0.3 is 0 Å². The van der Waals surface area contributed by atoms with Gasteiger partial charge < -0.3 is 48.8 Å². The van der Waals surface area contributed by atoms with Crippen LogP contribution >= 0.6 is 11.8 Å². The summed E-state index contributed by atoms with van der Waals surface area (Å²) >= 11 is 1.46. The van der Waals surface area contributed by atoms with Crippen molar-refractivity contribution in [3.63, 3.8) is 0 Å². The number of para-hydroxylation sites is 1. The Morgan fingerprint density at radius 2 is 1.26 bits per heavy atom. The molecule has 310 valence electrons. The topological polar surface area (TPSA) is 273 Å². The van der Waals surface area contributed by atoms with E-state index in [2.05, 4.69) is 31.6 Å². The molecule has 0 fully saturated rings. The molecule has 0 unspecified atom stereocenters. The predicted molar refractivity (Wildman–Crippen MR) is 220 cm³/mol. The van der Waals surface area contributed by atoms with Crippen LogP contribution in [-0.4, -0.2) is 94.1 Å². The van der Waals surface area contributed by atoms with Gasteiger partial charge in [-0.05, 0) is 68.2 Å². The monoisotopic (exact) mass is 807 g/mol. The van der Waals surface area contributed by atoms with Crippen molar-refractivity contribution in [1.82, 2.24) is 31.6 Å². The molecule has 57 heavy (non-hydrogen) atoms. The minimum atomic E-state index is -1.45. The highest BCUT2D eigenvalue weighted by Crippen LogP contribution is 2.20. The van der Waals surface area contributed by atoms with Crippen molar-refractivity contribution in [3.8, 4) is 0 Å². The summed E-state index contributed by atoms with van der Waals surface area (Å²) in [5.74, 6) is -4.34. The van der Waals surface area contributed by atoms with E-state index in [-0.39, 0.29) is 38.0 Å². The molecule has 7 amide bonds. The minimum absolute atomic E-state index is 0.0300. The second kappa shape index (κ2) is 21.8. The van der Waals surface area contributed by atoms with Gasteiger partial charge in [-0.3, -0.25) is 33.6 Å². The number of amides is 7. The maximum atomic E-state index is 14.3. The van der Waals surface area contributed by atoms with E-state index in [9.17, 15) is 33.6 Å². The lowest BCUT2D eigenvalue weighted by molar-refractivity contribution is -0.135. The van der Waals surface area contributed by atoms with E-state index >= 15 is 0 Å². The number of fused-ring (bicyclic) bond motifs is 1.